The zero-order chi connectivity index (χ0) is 12.2. The van der Waals surface area contributed by atoms with Gasteiger partial charge in [-0.3, -0.25) is 0 Å². The Morgan fingerprint density at radius 3 is 1.60 bits per heavy atom. The lowest BCUT2D eigenvalue weighted by atomic mass is 10.0. The van der Waals surface area contributed by atoms with Crippen LogP contribution < -0.4 is 0 Å². The first-order valence-corrected chi connectivity index (χ1v) is 4.82. The highest BCUT2D eigenvalue weighted by Crippen LogP contribution is 2.23. The van der Waals surface area contributed by atoms with E-state index in [-0.39, 0.29) is 17.5 Å². The fourth-order valence-electron chi connectivity index (χ4n) is 1.21. The molecule has 0 aliphatic carbocycles. The molecule has 0 amide bonds. The Morgan fingerprint density at radius 1 is 0.800 bits per heavy atom. The van der Waals surface area contributed by atoms with E-state index in [1.165, 1.54) is 6.92 Å². The number of halogens is 4. The van der Waals surface area contributed by atoms with E-state index in [0.717, 1.165) is 0 Å². The summed E-state index contributed by atoms with van der Waals surface area (Å²) in [6, 6.07) is 0. The number of rotatable bonds is 1. The molecule has 0 aliphatic rings. The molecule has 0 fully saturated rings. The summed E-state index contributed by atoms with van der Waals surface area (Å²) in [5, 5.41) is 0. The van der Waals surface area contributed by atoms with Gasteiger partial charge in [0.2, 0.25) is 0 Å². The largest absolute Gasteiger partial charge is 0.203 e. The fraction of sp³-hybridized carbons (Fsp3) is 0.455. The summed E-state index contributed by atoms with van der Waals surface area (Å²) in [5.74, 6) is -6.08. The van der Waals surface area contributed by atoms with E-state index in [2.05, 4.69) is 0 Å². The van der Waals surface area contributed by atoms with E-state index in [1.807, 2.05) is 13.8 Å². The normalized spacial score (nSPS) is 9.60. The van der Waals surface area contributed by atoms with Crippen LogP contribution in [0.25, 0.3) is 0 Å². The van der Waals surface area contributed by atoms with Gasteiger partial charge in [-0.15, -0.1) is 0 Å². The van der Waals surface area contributed by atoms with Crippen molar-refractivity contribution in [3.8, 4) is 0 Å². The van der Waals surface area contributed by atoms with Gasteiger partial charge in [0.15, 0.2) is 23.3 Å². The van der Waals surface area contributed by atoms with Crippen molar-refractivity contribution >= 4 is 0 Å². The minimum Gasteiger partial charge on any atom is -0.203 e. The first-order valence-electron chi connectivity index (χ1n) is 4.82. The van der Waals surface area contributed by atoms with Crippen molar-refractivity contribution in [1.29, 1.82) is 0 Å². The van der Waals surface area contributed by atoms with Crippen LogP contribution in [-0.2, 0) is 6.42 Å². The summed E-state index contributed by atoms with van der Waals surface area (Å²) in [5.41, 5.74) is -0.282. The van der Waals surface area contributed by atoms with Crippen molar-refractivity contribution in [1.82, 2.24) is 0 Å². The summed E-state index contributed by atoms with van der Waals surface area (Å²) in [7, 11) is 0. The van der Waals surface area contributed by atoms with Crippen molar-refractivity contribution < 1.29 is 17.6 Å². The summed E-state index contributed by atoms with van der Waals surface area (Å²) in [6.07, 6.45) is 0.131. The molecule has 0 atom stereocenters. The third-order valence-corrected chi connectivity index (χ3v) is 1.98. The molecule has 86 valence electrons. The lowest BCUT2D eigenvalue weighted by molar-refractivity contribution is 0.401. The van der Waals surface area contributed by atoms with Crippen LogP contribution in [0.1, 0.15) is 31.9 Å². The molecule has 0 radical (unpaired) electrons. The van der Waals surface area contributed by atoms with E-state index < -0.39 is 23.3 Å². The fourth-order valence-corrected chi connectivity index (χ4v) is 1.21. The minimum atomic E-state index is -1.74. The molecule has 0 aliphatic heterocycles. The predicted molar refractivity (Wildman–Crippen MR) is 51.7 cm³/mol. The Bertz CT molecular complexity index is 316. The Kier molecular flexibility index (Phi) is 5.33. The maximum atomic E-state index is 12.9. The van der Waals surface area contributed by atoms with Gasteiger partial charge in [-0.25, -0.2) is 17.6 Å². The summed E-state index contributed by atoms with van der Waals surface area (Å²) >= 11 is 0. The second-order valence-corrected chi connectivity index (χ2v) is 2.71. The van der Waals surface area contributed by atoms with Crippen molar-refractivity contribution in [3.63, 3.8) is 0 Å². The standard InChI is InChI=1S/C9H8F4.C2H6/c1-3-5-4(2)6(10)8(12)9(13)7(5)11;1-2/h3H2,1-2H3;1-2H3. The van der Waals surface area contributed by atoms with Crippen molar-refractivity contribution in [2.45, 2.75) is 34.1 Å². The molecule has 15 heavy (non-hydrogen) atoms. The lowest BCUT2D eigenvalue weighted by Crippen LogP contribution is -2.04. The molecule has 0 unspecified atom stereocenters. The summed E-state index contributed by atoms with van der Waals surface area (Å²) in [6.45, 7) is 6.77. The molecular formula is C11H14F4. The third-order valence-electron chi connectivity index (χ3n) is 1.98. The van der Waals surface area contributed by atoms with Gasteiger partial charge in [0.25, 0.3) is 0 Å². The quantitative estimate of drug-likeness (QED) is 0.380. The van der Waals surface area contributed by atoms with E-state index in [9.17, 15) is 17.6 Å². The van der Waals surface area contributed by atoms with Crippen molar-refractivity contribution in [3.05, 3.63) is 34.4 Å². The van der Waals surface area contributed by atoms with Gasteiger partial charge in [-0.05, 0) is 24.5 Å². The van der Waals surface area contributed by atoms with Crippen LogP contribution in [0.4, 0.5) is 17.6 Å². The molecule has 4 heteroatoms. The molecule has 0 N–H and O–H groups in total. The molecule has 0 saturated heterocycles. The van der Waals surface area contributed by atoms with Gasteiger partial charge in [0.05, 0.1) is 0 Å². The van der Waals surface area contributed by atoms with Gasteiger partial charge in [-0.2, -0.15) is 0 Å². The van der Waals surface area contributed by atoms with E-state index in [4.69, 9.17) is 0 Å². The average Bonchev–Trinajstić information content (AvgIpc) is 2.27. The monoisotopic (exact) mass is 222 g/mol. The van der Waals surface area contributed by atoms with E-state index in [1.54, 1.807) is 6.92 Å². The number of hydrogen-bond donors (Lipinski definition) is 0. The second-order valence-electron chi connectivity index (χ2n) is 2.71. The van der Waals surface area contributed by atoms with Crippen molar-refractivity contribution in [2.24, 2.45) is 0 Å². The summed E-state index contributed by atoms with van der Waals surface area (Å²) in [4.78, 5) is 0. The third kappa shape index (κ3) is 2.49. The molecule has 0 nitrogen and oxygen atoms in total. The van der Waals surface area contributed by atoms with Crippen LogP contribution in [0.5, 0.6) is 0 Å². The Labute approximate surface area is 86.9 Å². The first kappa shape index (κ1) is 13.9. The number of hydrogen-bond acceptors (Lipinski definition) is 0. The Morgan fingerprint density at radius 2 is 1.20 bits per heavy atom. The zero-order valence-electron chi connectivity index (χ0n) is 9.22. The van der Waals surface area contributed by atoms with E-state index in [0.29, 0.717) is 0 Å². The minimum absolute atomic E-state index is 0.114. The van der Waals surface area contributed by atoms with Crippen LogP contribution in [0.2, 0.25) is 0 Å². The van der Waals surface area contributed by atoms with Gasteiger partial charge in [0, 0.05) is 0 Å². The second kappa shape index (κ2) is 5.73. The number of benzene rings is 1. The van der Waals surface area contributed by atoms with Gasteiger partial charge in [-0.1, -0.05) is 20.8 Å². The molecule has 0 saturated carbocycles. The molecule has 0 heterocycles. The molecule has 0 aromatic heterocycles. The molecule has 0 bridgehead atoms. The maximum absolute atomic E-state index is 12.9. The zero-order valence-corrected chi connectivity index (χ0v) is 9.22. The Hall–Kier alpha value is -1.06. The van der Waals surface area contributed by atoms with Crippen LogP contribution in [0.15, 0.2) is 0 Å². The van der Waals surface area contributed by atoms with Crippen LogP contribution in [0.3, 0.4) is 0 Å². The lowest BCUT2D eigenvalue weighted by Gasteiger charge is -2.07. The van der Waals surface area contributed by atoms with E-state index >= 15 is 0 Å². The topological polar surface area (TPSA) is 0 Å². The smallest absolute Gasteiger partial charge is 0.197 e. The van der Waals surface area contributed by atoms with Gasteiger partial charge < -0.3 is 0 Å². The highest BCUT2D eigenvalue weighted by atomic mass is 19.2. The predicted octanol–water partition coefficient (Wildman–Crippen LogP) is 4.14. The van der Waals surface area contributed by atoms with Crippen LogP contribution >= 0.6 is 0 Å². The highest BCUT2D eigenvalue weighted by molar-refractivity contribution is 5.30. The molecule has 1 aromatic rings. The Balaban J connectivity index is 0.000000921. The van der Waals surface area contributed by atoms with Crippen molar-refractivity contribution in [2.75, 3.05) is 0 Å². The molecular weight excluding hydrogens is 208 g/mol. The van der Waals surface area contributed by atoms with Crippen LogP contribution in [-0.4, -0.2) is 0 Å². The average molecular weight is 222 g/mol. The maximum Gasteiger partial charge on any atom is 0.197 e. The van der Waals surface area contributed by atoms with Gasteiger partial charge >= 0.3 is 0 Å². The molecule has 1 aromatic carbocycles. The van der Waals surface area contributed by atoms with Crippen LogP contribution in [0, 0.1) is 30.2 Å². The van der Waals surface area contributed by atoms with Gasteiger partial charge in [0.1, 0.15) is 0 Å². The molecule has 1 rings (SSSR count). The molecule has 0 spiro atoms. The summed E-state index contributed by atoms with van der Waals surface area (Å²) < 4.78 is 51.0. The SMILES string of the molecule is CC.CCc1c(C)c(F)c(F)c(F)c1F. The highest BCUT2D eigenvalue weighted by Gasteiger charge is 2.21. The first-order chi connectivity index (χ1) is 7.00.